The van der Waals surface area contributed by atoms with Crippen LogP contribution in [0.15, 0.2) is 22.7 Å². The van der Waals surface area contributed by atoms with E-state index in [2.05, 4.69) is 60.7 Å². The predicted molar refractivity (Wildman–Crippen MR) is 82.1 cm³/mol. The number of anilines is 1. The van der Waals surface area contributed by atoms with E-state index in [1.807, 2.05) is 6.07 Å². The Kier molecular flexibility index (Phi) is 5.67. The third kappa shape index (κ3) is 3.99. The summed E-state index contributed by atoms with van der Waals surface area (Å²) in [5.41, 5.74) is 2.14. The van der Waals surface area contributed by atoms with E-state index in [0.717, 1.165) is 16.6 Å². The summed E-state index contributed by atoms with van der Waals surface area (Å²) in [6.07, 6.45) is -0.439. The van der Waals surface area contributed by atoms with Gasteiger partial charge in [0.15, 0.2) is 0 Å². The lowest BCUT2D eigenvalue weighted by molar-refractivity contribution is 0.198. The standard InChI is InChI=1S/C15H24BrNO/c1-10(2)9-17(11(3)4)13-6-7-14(12(5)18)15(16)8-13/h6-8,10-12,18H,9H2,1-5H3/t12-/m1/s1. The predicted octanol–water partition coefficient (Wildman–Crippen LogP) is 4.37. The van der Waals surface area contributed by atoms with Gasteiger partial charge in [0.2, 0.25) is 0 Å². The van der Waals surface area contributed by atoms with Gasteiger partial charge in [0, 0.05) is 22.7 Å². The molecule has 0 saturated heterocycles. The first-order chi connectivity index (χ1) is 8.32. The van der Waals surface area contributed by atoms with Crippen molar-refractivity contribution in [3.8, 4) is 0 Å². The molecule has 0 heterocycles. The summed E-state index contributed by atoms with van der Waals surface area (Å²) < 4.78 is 0.976. The molecule has 0 fully saturated rings. The Labute approximate surface area is 119 Å². The Balaban J connectivity index is 3.03. The largest absolute Gasteiger partial charge is 0.389 e. The SMILES string of the molecule is CC(C)CN(c1ccc([C@@H](C)O)c(Br)c1)C(C)C. The molecule has 0 spiro atoms. The molecule has 0 bridgehead atoms. The summed E-state index contributed by atoms with van der Waals surface area (Å²) in [6, 6.07) is 6.66. The van der Waals surface area contributed by atoms with Crippen LogP contribution in [-0.2, 0) is 0 Å². The van der Waals surface area contributed by atoms with Crippen molar-refractivity contribution in [1.82, 2.24) is 0 Å². The maximum Gasteiger partial charge on any atom is 0.0772 e. The third-order valence-electron chi connectivity index (χ3n) is 2.95. The Morgan fingerprint density at radius 3 is 2.17 bits per heavy atom. The van der Waals surface area contributed by atoms with Crippen molar-refractivity contribution in [2.45, 2.75) is 46.8 Å². The van der Waals surface area contributed by atoms with Gasteiger partial charge >= 0.3 is 0 Å². The highest BCUT2D eigenvalue weighted by Crippen LogP contribution is 2.29. The molecule has 3 heteroatoms. The van der Waals surface area contributed by atoms with Crippen LogP contribution >= 0.6 is 15.9 Å². The fourth-order valence-corrected chi connectivity index (χ4v) is 2.74. The number of aliphatic hydroxyl groups excluding tert-OH is 1. The van der Waals surface area contributed by atoms with Gasteiger partial charge in [0.05, 0.1) is 6.10 Å². The molecule has 1 N–H and O–H groups in total. The lowest BCUT2D eigenvalue weighted by Crippen LogP contribution is -2.34. The zero-order valence-electron chi connectivity index (χ0n) is 11.9. The van der Waals surface area contributed by atoms with E-state index >= 15 is 0 Å². The van der Waals surface area contributed by atoms with Gasteiger partial charge in [-0.15, -0.1) is 0 Å². The van der Waals surface area contributed by atoms with Gasteiger partial charge in [0.1, 0.15) is 0 Å². The lowest BCUT2D eigenvalue weighted by Gasteiger charge is -2.31. The van der Waals surface area contributed by atoms with Gasteiger partial charge in [-0.2, -0.15) is 0 Å². The number of halogens is 1. The number of benzene rings is 1. The van der Waals surface area contributed by atoms with Crippen LogP contribution in [0.2, 0.25) is 0 Å². The number of nitrogens with zero attached hydrogens (tertiary/aromatic N) is 1. The Morgan fingerprint density at radius 1 is 1.17 bits per heavy atom. The molecule has 0 radical (unpaired) electrons. The summed E-state index contributed by atoms with van der Waals surface area (Å²) in [4.78, 5) is 2.39. The number of hydrogen-bond donors (Lipinski definition) is 1. The highest BCUT2D eigenvalue weighted by atomic mass is 79.9. The van der Waals surface area contributed by atoms with Crippen molar-refractivity contribution >= 4 is 21.6 Å². The first-order valence-electron chi connectivity index (χ1n) is 6.57. The van der Waals surface area contributed by atoms with E-state index in [1.54, 1.807) is 6.92 Å². The smallest absolute Gasteiger partial charge is 0.0772 e. The Morgan fingerprint density at radius 2 is 1.78 bits per heavy atom. The van der Waals surface area contributed by atoms with E-state index in [0.29, 0.717) is 12.0 Å². The average molecular weight is 314 g/mol. The molecular formula is C15H24BrNO. The highest BCUT2D eigenvalue weighted by molar-refractivity contribution is 9.10. The molecule has 0 unspecified atom stereocenters. The van der Waals surface area contributed by atoms with Crippen LogP contribution in [0.25, 0.3) is 0 Å². The molecular weight excluding hydrogens is 290 g/mol. The minimum absolute atomic E-state index is 0.439. The molecule has 102 valence electrons. The van der Waals surface area contributed by atoms with E-state index in [-0.39, 0.29) is 0 Å². The average Bonchev–Trinajstić information content (AvgIpc) is 2.24. The number of hydrogen-bond acceptors (Lipinski definition) is 2. The first kappa shape index (κ1) is 15.5. The van der Waals surface area contributed by atoms with Gasteiger partial charge < -0.3 is 10.0 Å². The van der Waals surface area contributed by atoms with Crippen LogP contribution in [-0.4, -0.2) is 17.7 Å². The molecule has 0 amide bonds. The van der Waals surface area contributed by atoms with Crippen molar-refractivity contribution in [3.63, 3.8) is 0 Å². The number of rotatable bonds is 5. The molecule has 1 atom stereocenters. The molecule has 2 nitrogen and oxygen atoms in total. The Hall–Kier alpha value is -0.540. The molecule has 1 rings (SSSR count). The van der Waals surface area contributed by atoms with Crippen molar-refractivity contribution in [3.05, 3.63) is 28.2 Å². The van der Waals surface area contributed by atoms with Crippen molar-refractivity contribution < 1.29 is 5.11 Å². The molecule has 1 aromatic carbocycles. The zero-order valence-corrected chi connectivity index (χ0v) is 13.5. The van der Waals surface area contributed by atoms with Crippen LogP contribution in [0.3, 0.4) is 0 Å². The third-order valence-corrected chi connectivity index (χ3v) is 3.64. The second-order valence-corrected chi connectivity index (χ2v) is 6.38. The minimum atomic E-state index is -0.439. The summed E-state index contributed by atoms with van der Waals surface area (Å²) in [7, 11) is 0. The monoisotopic (exact) mass is 313 g/mol. The minimum Gasteiger partial charge on any atom is -0.389 e. The second-order valence-electron chi connectivity index (χ2n) is 5.52. The summed E-state index contributed by atoms with van der Waals surface area (Å²) in [5, 5.41) is 9.65. The van der Waals surface area contributed by atoms with Gasteiger partial charge in [-0.1, -0.05) is 35.8 Å². The topological polar surface area (TPSA) is 23.5 Å². The van der Waals surface area contributed by atoms with E-state index in [9.17, 15) is 5.11 Å². The Bertz CT molecular complexity index is 388. The first-order valence-corrected chi connectivity index (χ1v) is 7.36. The van der Waals surface area contributed by atoms with Gasteiger partial charge in [-0.05, 0) is 44.4 Å². The highest BCUT2D eigenvalue weighted by Gasteiger charge is 2.14. The fraction of sp³-hybridized carbons (Fsp3) is 0.600. The molecule has 0 saturated carbocycles. The van der Waals surface area contributed by atoms with Crippen LogP contribution in [0.1, 0.15) is 46.3 Å². The van der Waals surface area contributed by atoms with Crippen LogP contribution in [0.5, 0.6) is 0 Å². The maximum atomic E-state index is 9.65. The van der Waals surface area contributed by atoms with E-state index in [1.165, 1.54) is 5.69 Å². The molecule has 0 aliphatic rings. The maximum absolute atomic E-state index is 9.65. The van der Waals surface area contributed by atoms with Crippen molar-refractivity contribution in [2.24, 2.45) is 5.92 Å². The van der Waals surface area contributed by atoms with Gasteiger partial charge in [-0.3, -0.25) is 0 Å². The summed E-state index contributed by atoms with van der Waals surface area (Å²) >= 11 is 3.54. The van der Waals surface area contributed by atoms with Crippen LogP contribution in [0.4, 0.5) is 5.69 Å². The van der Waals surface area contributed by atoms with E-state index in [4.69, 9.17) is 0 Å². The molecule has 0 aromatic heterocycles. The van der Waals surface area contributed by atoms with Crippen LogP contribution < -0.4 is 4.90 Å². The molecule has 0 aliphatic carbocycles. The zero-order chi connectivity index (χ0) is 13.9. The normalized spacial score (nSPS) is 13.2. The second kappa shape index (κ2) is 6.58. The number of aliphatic hydroxyl groups is 1. The van der Waals surface area contributed by atoms with Crippen molar-refractivity contribution in [2.75, 3.05) is 11.4 Å². The molecule has 0 aliphatic heterocycles. The lowest BCUT2D eigenvalue weighted by atomic mass is 10.1. The molecule has 18 heavy (non-hydrogen) atoms. The van der Waals surface area contributed by atoms with Gasteiger partial charge in [0.25, 0.3) is 0 Å². The van der Waals surface area contributed by atoms with Gasteiger partial charge in [-0.25, -0.2) is 0 Å². The summed E-state index contributed by atoms with van der Waals surface area (Å²) in [6.45, 7) is 11.7. The van der Waals surface area contributed by atoms with Crippen molar-refractivity contribution in [1.29, 1.82) is 0 Å². The molecule has 1 aromatic rings. The quantitative estimate of drug-likeness (QED) is 0.872. The van der Waals surface area contributed by atoms with E-state index < -0.39 is 6.10 Å². The summed E-state index contributed by atoms with van der Waals surface area (Å²) in [5.74, 6) is 0.627. The fourth-order valence-electron chi connectivity index (χ4n) is 2.04. The van der Waals surface area contributed by atoms with Crippen LogP contribution in [0, 0.1) is 5.92 Å².